The van der Waals surface area contributed by atoms with Crippen LogP contribution in [-0.2, 0) is 0 Å². The maximum Gasteiger partial charge on any atom is 0.101 e. The number of aryl methyl sites for hydroxylation is 2. The highest BCUT2D eigenvalue weighted by atomic mass is 32.1. The maximum absolute atomic E-state index is 9.37. The van der Waals surface area contributed by atoms with Crippen LogP contribution in [0, 0.1) is 25.2 Å². The van der Waals surface area contributed by atoms with Gasteiger partial charge in [0.2, 0.25) is 0 Å². The number of benzene rings is 1. The van der Waals surface area contributed by atoms with Crippen molar-refractivity contribution in [1.29, 1.82) is 5.26 Å². The predicted octanol–water partition coefficient (Wildman–Crippen LogP) is 2.99. The predicted molar refractivity (Wildman–Crippen MR) is 80.5 cm³/mol. The van der Waals surface area contributed by atoms with E-state index in [2.05, 4.69) is 49.4 Å². The summed E-state index contributed by atoms with van der Waals surface area (Å²) in [6.45, 7) is 4.17. The summed E-state index contributed by atoms with van der Waals surface area (Å²) in [7, 11) is 0. The molecule has 0 fully saturated rings. The van der Waals surface area contributed by atoms with Gasteiger partial charge in [0.25, 0.3) is 0 Å². The van der Waals surface area contributed by atoms with Gasteiger partial charge in [-0.3, -0.25) is 0 Å². The number of hydrogen-bond donors (Lipinski definition) is 0. The summed E-state index contributed by atoms with van der Waals surface area (Å²) in [6.07, 6.45) is 5.58. The lowest BCUT2D eigenvalue weighted by Gasteiger charge is -2.15. The monoisotopic (exact) mass is 265 g/mol. The molecule has 1 unspecified atom stereocenters. The van der Waals surface area contributed by atoms with Gasteiger partial charge in [-0.05, 0) is 36.3 Å². The Morgan fingerprint density at radius 1 is 1.16 bits per heavy atom. The molecule has 19 heavy (non-hydrogen) atoms. The molecule has 0 aliphatic heterocycles. The van der Waals surface area contributed by atoms with E-state index < -0.39 is 0 Å². The highest BCUT2D eigenvalue weighted by molar-refractivity contribution is 7.12. The van der Waals surface area contributed by atoms with Crippen LogP contribution >= 0.6 is 11.3 Å². The Bertz CT molecular complexity index is 790. The second kappa shape index (κ2) is 4.68. The molecular weight excluding hydrogens is 250 g/mol. The van der Waals surface area contributed by atoms with Crippen molar-refractivity contribution in [2.75, 3.05) is 0 Å². The molecule has 0 radical (unpaired) electrons. The summed E-state index contributed by atoms with van der Waals surface area (Å²) in [5.41, 5.74) is 2.12. The zero-order chi connectivity index (χ0) is 13.4. The second-order valence-corrected chi connectivity index (χ2v) is 6.39. The molecule has 0 saturated heterocycles. The fourth-order valence-electron chi connectivity index (χ4n) is 2.88. The molecule has 3 rings (SSSR count). The molecular formula is C17H15NS. The minimum atomic E-state index is 0.342. The van der Waals surface area contributed by atoms with Gasteiger partial charge >= 0.3 is 0 Å². The zero-order valence-corrected chi connectivity index (χ0v) is 11.9. The average molecular weight is 265 g/mol. The van der Waals surface area contributed by atoms with Crippen molar-refractivity contribution < 1.29 is 0 Å². The van der Waals surface area contributed by atoms with Crippen molar-refractivity contribution in [3.63, 3.8) is 0 Å². The summed E-state index contributed by atoms with van der Waals surface area (Å²) < 4.78 is 0. The molecule has 0 N–H and O–H groups in total. The van der Waals surface area contributed by atoms with E-state index in [9.17, 15) is 5.26 Å². The Labute approximate surface area is 117 Å². The molecule has 1 aliphatic rings. The number of nitriles is 1. The normalized spacial score (nSPS) is 17.0. The largest absolute Gasteiger partial charge is 0.192 e. The number of hydrogen-bond acceptors (Lipinski definition) is 2. The molecule has 1 aromatic carbocycles. The van der Waals surface area contributed by atoms with Gasteiger partial charge in [0.05, 0.1) is 5.56 Å². The van der Waals surface area contributed by atoms with Crippen LogP contribution in [0.15, 0.2) is 24.3 Å². The molecule has 1 atom stereocenters. The molecule has 0 amide bonds. The van der Waals surface area contributed by atoms with Gasteiger partial charge in [-0.15, -0.1) is 11.3 Å². The fraction of sp³-hybridized carbons (Fsp3) is 0.235. The SMILES string of the molecule is Cc1sc(C)c(C2C=c3ccccc3=CC2)c1C#N. The van der Waals surface area contributed by atoms with Gasteiger partial charge in [-0.25, -0.2) is 0 Å². The van der Waals surface area contributed by atoms with Crippen molar-refractivity contribution in [3.05, 3.63) is 55.6 Å². The van der Waals surface area contributed by atoms with E-state index in [4.69, 9.17) is 0 Å². The molecule has 94 valence electrons. The van der Waals surface area contributed by atoms with Crippen molar-refractivity contribution in [2.45, 2.75) is 26.2 Å². The van der Waals surface area contributed by atoms with Gasteiger partial charge in [0.15, 0.2) is 0 Å². The molecule has 0 bridgehead atoms. The molecule has 1 aromatic heterocycles. The lowest BCUT2D eigenvalue weighted by Crippen LogP contribution is -2.28. The number of fused-ring (bicyclic) bond motifs is 1. The van der Waals surface area contributed by atoms with Crippen LogP contribution in [-0.4, -0.2) is 0 Å². The van der Waals surface area contributed by atoms with Crippen LogP contribution in [0.4, 0.5) is 0 Å². The molecule has 1 aliphatic carbocycles. The van der Waals surface area contributed by atoms with E-state index in [-0.39, 0.29) is 0 Å². The molecule has 0 spiro atoms. The first-order valence-corrected chi connectivity index (χ1v) is 7.29. The average Bonchev–Trinajstić information content (AvgIpc) is 2.72. The standard InChI is InChI=1S/C17H15NS/c1-11-16(10-18)17(12(2)19-11)15-8-7-13-5-3-4-6-14(13)9-15/h3-7,9,15H,8H2,1-2H3. The van der Waals surface area contributed by atoms with Gasteiger partial charge in [0, 0.05) is 15.7 Å². The van der Waals surface area contributed by atoms with E-state index in [1.807, 2.05) is 6.92 Å². The maximum atomic E-state index is 9.37. The van der Waals surface area contributed by atoms with E-state index in [0.717, 1.165) is 16.9 Å². The Balaban J connectivity index is 2.17. The van der Waals surface area contributed by atoms with Crippen LogP contribution in [0.2, 0.25) is 0 Å². The molecule has 2 aromatic rings. The van der Waals surface area contributed by atoms with Crippen molar-refractivity contribution in [2.24, 2.45) is 0 Å². The van der Waals surface area contributed by atoms with Gasteiger partial charge in [-0.2, -0.15) is 5.26 Å². The highest BCUT2D eigenvalue weighted by Gasteiger charge is 2.20. The lowest BCUT2D eigenvalue weighted by molar-refractivity contribution is 0.913. The van der Waals surface area contributed by atoms with E-state index in [1.165, 1.54) is 20.9 Å². The third-order valence-corrected chi connectivity index (χ3v) is 4.79. The lowest BCUT2D eigenvalue weighted by atomic mass is 9.88. The minimum Gasteiger partial charge on any atom is -0.192 e. The van der Waals surface area contributed by atoms with Gasteiger partial charge in [0.1, 0.15) is 6.07 Å². The van der Waals surface area contributed by atoms with Gasteiger partial charge < -0.3 is 0 Å². The van der Waals surface area contributed by atoms with Crippen LogP contribution < -0.4 is 10.4 Å². The molecule has 0 saturated carbocycles. The number of thiophene rings is 1. The summed E-state index contributed by atoms with van der Waals surface area (Å²) in [4.78, 5) is 2.42. The second-order valence-electron chi connectivity index (χ2n) is 4.96. The molecule has 2 heteroatoms. The number of rotatable bonds is 1. The first kappa shape index (κ1) is 12.2. The Morgan fingerprint density at radius 3 is 2.63 bits per heavy atom. The minimum absolute atomic E-state index is 0.342. The highest BCUT2D eigenvalue weighted by Crippen LogP contribution is 2.35. The molecule has 1 nitrogen and oxygen atoms in total. The van der Waals surface area contributed by atoms with Crippen LogP contribution in [0.25, 0.3) is 12.2 Å². The topological polar surface area (TPSA) is 23.8 Å². The number of nitrogens with zero attached hydrogens (tertiary/aromatic N) is 1. The fourth-order valence-corrected chi connectivity index (χ4v) is 3.96. The Hall–Kier alpha value is -1.85. The van der Waals surface area contributed by atoms with Crippen LogP contribution in [0.1, 0.15) is 33.2 Å². The summed E-state index contributed by atoms with van der Waals surface area (Å²) in [6, 6.07) is 10.8. The van der Waals surface area contributed by atoms with Crippen molar-refractivity contribution >= 4 is 23.5 Å². The van der Waals surface area contributed by atoms with Crippen molar-refractivity contribution in [3.8, 4) is 6.07 Å². The Kier molecular flexibility index (Phi) is 3.00. The van der Waals surface area contributed by atoms with Crippen molar-refractivity contribution in [1.82, 2.24) is 0 Å². The summed E-state index contributed by atoms with van der Waals surface area (Å²) in [5.74, 6) is 0.342. The third kappa shape index (κ3) is 2.01. The van der Waals surface area contributed by atoms with E-state index in [1.54, 1.807) is 11.3 Å². The van der Waals surface area contributed by atoms with E-state index >= 15 is 0 Å². The quantitative estimate of drug-likeness (QED) is 0.777. The molecule has 1 heterocycles. The third-order valence-electron chi connectivity index (χ3n) is 3.76. The summed E-state index contributed by atoms with van der Waals surface area (Å²) in [5, 5.41) is 12.0. The van der Waals surface area contributed by atoms with Gasteiger partial charge in [-0.1, -0.05) is 36.4 Å². The zero-order valence-electron chi connectivity index (χ0n) is 11.1. The first-order chi connectivity index (χ1) is 9.20. The van der Waals surface area contributed by atoms with Crippen LogP contribution in [0.5, 0.6) is 0 Å². The Morgan fingerprint density at radius 2 is 1.89 bits per heavy atom. The first-order valence-electron chi connectivity index (χ1n) is 6.48. The van der Waals surface area contributed by atoms with E-state index in [0.29, 0.717) is 5.92 Å². The van der Waals surface area contributed by atoms with Crippen LogP contribution in [0.3, 0.4) is 0 Å². The smallest absolute Gasteiger partial charge is 0.101 e. The summed E-state index contributed by atoms with van der Waals surface area (Å²) >= 11 is 1.74.